The third-order valence-electron chi connectivity index (χ3n) is 3.41. The number of thioether (sulfide) groups is 1. The van der Waals surface area contributed by atoms with Crippen molar-refractivity contribution < 1.29 is 0 Å². The molecular weight excluding hydrogens is 216 g/mol. The Morgan fingerprint density at radius 1 is 1.38 bits per heavy atom. The Kier molecular flexibility index (Phi) is 3.90. The van der Waals surface area contributed by atoms with Gasteiger partial charge in [0.05, 0.1) is 6.04 Å². The zero-order valence-corrected chi connectivity index (χ0v) is 10.8. The van der Waals surface area contributed by atoms with Gasteiger partial charge in [-0.15, -0.1) is 0 Å². The van der Waals surface area contributed by atoms with Crippen molar-refractivity contribution in [2.75, 3.05) is 5.75 Å². The molecule has 1 aromatic rings. The van der Waals surface area contributed by atoms with E-state index in [1.54, 1.807) is 0 Å². The van der Waals surface area contributed by atoms with Gasteiger partial charge in [0.1, 0.15) is 0 Å². The molecule has 0 bridgehead atoms. The molecule has 0 spiro atoms. The number of hydrogen-bond acceptors (Lipinski definition) is 3. The van der Waals surface area contributed by atoms with Crippen molar-refractivity contribution in [3.63, 3.8) is 0 Å². The van der Waals surface area contributed by atoms with Crippen LogP contribution in [-0.2, 0) is 0 Å². The molecule has 0 radical (unpaired) electrons. The summed E-state index contributed by atoms with van der Waals surface area (Å²) in [5.41, 5.74) is 7.00. The van der Waals surface area contributed by atoms with Gasteiger partial charge in [0.25, 0.3) is 0 Å². The van der Waals surface area contributed by atoms with Gasteiger partial charge in [0.2, 0.25) is 0 Å². The molecule has 0 aliphatic carbocycles. The summed E-state index contributed by atoms with van der Waals surface area (Å²) < 4.78 is 0. The number of nitrogens with two attached hydrogens (primary N) is 1. The van der Waals surface area contributed by atoms with E-state index < -0.39 is 0 Å². The summed E-state index contributed by atoms with van der Waals surface area (Å²) in [7, 11) is 0. The van der Waals surface area contributed by atoms with Crippen LogP contribution in [0.3, 0.4) is 0 Å². The summed E-state index contributed by atoms with van der Waals surface area (Å²) in [4.78, 5) is 0. The molecule has 3 N–H and O–H groups in total. The second kappa shape index (κ2) is 5.21. The van der Waals surface area contributed by atoms with Gasteiger partial charge < -0.3 is 0 Å². The van der Waals surface area contributed by atoms with Crippen molar-refractivity contribution in [1.82, 2.24) is 5.43 Å². The quantitative estimate of drug-likeness (QED) is 0.626. The summed E-state index contributed by atoms with van der Waals surface area (Å²) in [5, 5.41) is 0.632. The number of aryl methyl sites for hydroxylation is 2. The van der Waals surface area contributed by atoms with Crippen molar-refractivity contribution in [1.29, 1.82) is 0 Å². The van der Waals surface area contributed by atoms with E-state index in [0.29, 0.717) is 11.3 Å². The lowest BCUT2D eigenvalue weighted by Gasteiger charge is -2.23. The normalized spacial score (nSPS) is 22.3. The van der Waals surface area contributed by atoms with Crippen LogP contribution in [0.1, 0.15) is 35.6 Å². The van der Waals surface area contributed by atoms with Gasteiger partial charge in [0, 0.05) is 5.25 Å². The van der Waals surface area contributed by atoms with Crippen LogP contribution in [0.2, 0.25) is 0 Å². The van der Waals surface area contributed by atoms with Crippen molar-refractivity contribution in [3.8, 4) is 0 Å². The minimum absolute atomic E-state index is 0.298. The molecule has 0 amide bonds. The van der Waals surface area contributed by atoms with Gasteiger partial charge >= 0.3 is 0 Å². The lowest BCUT2D eigenvalue weighted by atomic mass is 9.97. The molecular formula is C13H20N2S. The molecule has 0 saturated carbocycles. The van der Waals surface area contributed by atoms with Crippen molar-refractivity contribution in [2.45, 2.75) is 38.0 Å². The van der Waals surface area contributed by atoms with Crippen LogP contribution in [0, 0.1) is 13.8 Å². The second-order valence-corrected chi connectivity index (χ2v) is 5.89. The zero-order valence-electron chi connectivity index (χ0n) is 9.99. The maximum absolute atomic E-state index is 5.71. The maximum atomic E-state index is 5.71. The summed E-state index contributed by atoms with van der Waals surface area (Å²) in [5.74, 6) is 6.98. The highest BCUT2D eigenvalue weighted by Crippen LogP contribution is 2.35. The Balaban J connectivity index is 2.22. The Morgan fingerprint density at radius 3 is 2.75 bits per heavy atom. The number of rotatable bonds is 3. The monoisotopic (exact) mass is 236 g/mol. The highest BCUT2D eigenvalue weighted by atomic mass is 32.2. The molecule has 3 heteroatoms. The smallest absolute Gasteiger partial charge is 0.0578 e. The van der Waals surface area contributed by atoms with Crippen molar-refractivity contribution >= 4 is 11.8 Å². The Morgan fingerprint density at radius 2 is 2.19 bits per heavy atom. The van der Waals surface area contributed by atoms with Crippen LogP contribution in [0.4, 0.5) is 0 Å². The Hall–Kier alpha value is -0.510. The van der Waals surface area contributed by atoms with E-state index in [9.17, 15) is 0 Å². The van der Waals surface area contributed by atoms with Crippen LogP contribution >= 0.6 is 11.8 Å². The van der Waals surface area contributed by atoms with Crippen molar-refractivity contribution in [3.05, 3.63) is 34.9 Å². The fourth-order valence-corrected chi connectivity index (χ4v) is 3.64. The average molecular weight is 236 g/mol. The molecule has 1 aliphatic heterocycles. The molecule has 1 aromatic carbocycles. The van der Waals surface area contributed by atoms with Gasteiger partial charge in [-0.1, -0.05) is 18.2 Å². The van der Waals surface area contributed by atoms with E-state index >= 15 is 0 Å². The molecule has 1 fully saturated rings. The summed E-state index contributed by atoms with van der Waals surface area (Å²) in [6, 6.07) is 6.95. The van der Waals surface area contributed by atoms with Gasteiger partial charge in [-0.05, 0) is 49.1 Å². The van der Waals surface area contributed by atoms with E-state index in [1.807, 2.05) is 11.8 Å². The molecule has 88 valence electrons. The first-order valence-corrected chi connectivity index (χ1v) is 6.92. The number of hydrazine groups is 1. The van der Waals surface area contributed by atoms with E-state index in [2.05, 4.69) is 37.5 Å². The highest BCUT2D eigenvalue weighted by Gasteiger charge is 2.26. The largest absolute Gasteiger partial charge is 0.271 e. The highest BCUT2D eigenvalue weighted by molar-refractivity contribution is 8.00. The van der Waals surface area contributed by atoms with Gasteiger partial charge in [0.15, 0.2) is 0 Å². The van der Waals surface area contributed by atoms with Crippen molar-refractivity contribution in [2.24, 2.45) is 5.84 Å². The molecule has 1 aliphatic rings. The molecule has 16 heavy (non-hydrogen) atoms. The van der Waals surface area contributed by atoms with Crippen LogP contribution < -0.4 is 11.3 Å². The summed E-state index contributed by atoms with van der Waals surface area (Å²) >= 11 is 2.04. The predicted molar refractivity (Wildman–Crippen MR) is 71.5 cm³/mol. The lowest BCUT2D eigenvalue weighted by molar-refractivity contribution is 0.520. The van der Waals surface area contributed by atoms with Gasteiger partial charge in [-0.3, -0.25) is 11.3 Å². The zero-order chi connectivity index (χ0) is 11.5. The van der Waals surface area contributed by atoms with E-state index in [4.69, 9.17) is 5.84 Å². The average Bonchev–Trinajstić information content (AvgIpc) is 2.78. The van der Waals surface area contributed by atoms with Gasteiger partial charge in [-0.25, -0.2) is 0 Å². The first-order chi connectivity index (χ1) is 7.72. The fourth-order valence-electron chi connectivity index (χ4n) is 2.24. The minimum Gasteiger partial charge on any atom is -0.271 e. The van der Waals surface area contributed by atoms with Gasteiger partial charge in [-0.2, -0.15) is 11.8 Å². The maximum Gasteiger partial charge on any atom is 0.0578 e. The predicted octanol–water partition coefficient (Wildman–Crippen LogP) is 2.70. The first-order valence-electron chi connectivity index (χ1n) is 5.87. The third-order valence-corrected chi connectivity index (χ3v) is 4.87. The Labute approximate surface area is 102 Å². The van der Waals surface area contributed by atoms with Crippen LogP contribution in [0.25, 0.3) is 0 Å². The molecule has 2 rings (SSSR count). The Bertz CT molecular complexity index is 359. The number of benzene rings is 1. The SMILES string of the molecule is Cc1ccc(C(NN)C2CCCS2)cc1C. The number of hydrogen-bond donors (Lipinski definition) is 2. The lowest BCUT2D eigenvalue weighted by Crippen LogP contribution is -2.34. The first kappa shape index (κ1) is 12.0. The number of nitrogens with one attached hydrogen (secondary N) is 1. The summed E-state index contributed by atoms with van der Waals surface area (Å²) in [6.07, 6.45) is 2.59. The second-order valence-electron chi connectivity index (χ2n) is 4.54. The molecule has 1 saturated heterocycles. The van der Waals surface area contributed by atoms with E-state index in [-0.39, 0.29) is 0 Å². The third kappa shape index (κ3) is 2.42. The van der Waals surface area contributed by atoms with Crippen LogP contribution in [0.5, 0.6) is 0 Å². The topological polar surface area (TPSA) is 38.0 Å². The molecule has 2 unspecified atom stereocenters. The molecule has 0 aromatic heterocycles. The summed E-state index contributed by atoms with van der Waals surface area (Å²) in [6.45, 7) is 4.31. The molecule has 1 heterocycles. The fraction of sp³-hybridized carbons (Fsp3) is 0.538. The minimum atomic E-state index is 0.298. The van der Waals surface area contributed by atoms with E-state index in [1.165, 1.54) is 35.3 Å². The van der Waals surface area contributed by atoms with Crippen LogP contribution in [0.15, 0.2) is 18.2 Å². The van der Waals surface area contributed by atoms with Crippen LogP contribution in [-0.4, -0.2) is 11.0 Å². The standard InChI is InChI=1S/C13H20N2S/c1-9-5-6-11(8-10(9)2)13(15-14)12-4-3-7-16-12/h5-6,8,12-13,15H,3-4,7,14H2,1-2H3. The molecule has 2 atom stereocenters. The molecule has 2 nitrogen and oxygen atoms in total. The van der Waals surface area contributed by atoms with E-state index in [0.717, 1.165) is 0 Å².